The van der Waals surface area contributed by atoms with Crippen molar-refractivity contribution < 1.29 is 17.2 Å². The summed E-state index contributed by atoms with van der Waals surface area (Å²) < 4.78 is 52.6. The van der Waals surface area contributed by atoms with Gasteiger partial charge >= 0.3 is 0 Å². The Kier molecular flexibility index (Phi) is 6.52. The van der Waals surface area contributed by atoms with Gasteiger partial charge in [-0.15, -0.1) is 12.4 Å². The van der Waals surface area contributed by atoms with Gasteiger partial charge in [-0.25, -0.2) is 17.2 Å². The van der Waals surface area contributed by atoms with Gasteiger partial charge in [0.2, 0.25) is 10.0 Å². The van der Waals surface area contributed by atoms with Gasteiger partial charge in [-0.1, -0.05) is 0 Å². The molecule has 0 aromatic heterocycles. The summed E-state index contributed by atoms with van der Waals surface area (Å²) in [5, 5.41) is 0. The molecule has 2 N–H and O–H groups in total. The van der Waals surface area contributed by atoms with Crippen LogP contribution in [-0.2, 0) is 10.0 Å². The Morgan fingerprint density at radius 2 is 2.05 bits per heavy atom. The molecule has 0 spiro atoms. The normalized spacial score (nSPS) is 20.0. The lowest BCUT2D eigenvalue weighted by atomic mass is 9.96. The minimum Gasteiger partial charge on any atom is -0.330 e. The number of benzene rings is 1. The van der Waals surface area contributed by atoms with Crippen molar-refractivity contribution in [3.63, 3.8) is 0 Å². The Hall–Kier alpha value is -0.760. The van der Waals surface area contributed by atoms with Crippen LogP contribution in [0.15, 0.2) is 23.1 Å². The highest BCUT2D eigenvalue weighted by Gasteiger charge is 2.31. The molecule has 0 aliphatic carbocycles. The van der Waals surface area contributed by atoms with E-state index in [2.05, 4.69) is 0 Å². The Bertz CT molecular complexity index is 582. The summed E-state index contributed by atoms with van der Waals surface area (Å²) in [7, 11) is -3.91. The lowest BCUT2D eigenvalue weighted by Crippen LogP contribution is -2.40. The summed E-state index contributed by atoms with van der Waals surface area (Å²) in [5.41, 5.74) is 5.50. The molecule has 1 saturated heterocycles. The van der Waals surface area contributed by atoms with E-state index in [1.807, 2.05) is 0 Å². The van der Waals surface area contributed by atoms with Crippen molar-refractivity contribution in [2.45, 2.75) is 24.2 Å². The number of sulfonamides is 1. The predicted octanol–water partition coefficient (Wildman–Crippen LogP) is 2.14. The van der Waals surface area contributed by atoms with E-state index in [1.54, 1.807) is 0 Å². The fraction of sp³-hybridized carbons (Fsp3) is 0.538. The molecule has 1 fully saturated rings. The molecular weight excluding hydrogens is 322 g/mol. The van der Waals surface area contributed by atoms with E-state index in [4.69, 9.17) is 5.73 Å². The molecule has 1 heterocycles. The summed E-state index contributed by atoms with van der Waals surface area (Å²) in [6.07, 6.45) is 2.40. The smallest absolute Gasteiger partial charge is 0.245 e. The summed E-state index contributed by atoms with van der Waals surface area (Å²) in [6.45, 7) is 1.21. The highest BCUT2D eigenvalue weighted by Crippen LogP contribution is 2.26. The lowest BCUT2D eigenvalue weighted by Gasteiger charge is -2.31. The molecular formula is C13H19ClF2N2O2S. The van der Waals surface area contributed by atoms with Crippen LogP contribution in [0.2, 0.25) is 0 Å². The number of hydrogen-bond acceptors (Lipinski definition) is 3. The predicted molar refractivity (Wildman–Crippen MR) is 78.8 cm³/mol. The van der Waals surface area contributed by atoms with Gasteiger partial charge in [-0.3, -0.25) is 0 Å². The average Bonchev–Trinajstić information content (AvgIpc) is 2.39. The first-order chi connectivity index (χ1) is 9.45. The zero-order chi connectivity index (χ0) is 14.8. The third kappa shape index (κ3) is 4.12. The van der Waals surface area contributed by atoms with Crippen LogP contribution < -0.4 is 5.73 Å². The van der Waals surface area contributed by atoms with Crippen LogP contribution in [0.25, 0.3) is 0 Å². The molecule has 1 atom stereocenters. The van der Waals surface area contributed by atoms with Crippen LogP contribution in [0, 0.1) is 17.6 Å². The molecule has 0 amide bonds. The summed E-state index contributed by atoms with van der Waals surface area (Å²) in [4.78, 5) is -0.465. The number of rotatable bonds is 4. The molecule has 1 aliphatic heterocycles. The van der Waals surface area contributed by atoms with E-state index in [1.165, 1.54) is 4.31 Å². The quantitative estimate of drug-likeness (QED) is 0.913. The third-order valence-electron chi connectivity index (χ3n) is 3.57. The molecule has 8 heteroatoms. The fourth-order valence-corrected chi connectivity index (χ4v) is 4.14. The highest BCUT2D eigenvalue weighted by atomic mass is 35.5. The maximum Gasteiger partial charge on any atom is 0.245 e. The van der Waals surface area contributed by atoms with Crippen molar-refractivity contribution >= 4 is 22.4 Å². The second-order valence-electron chi connectivity index (χ2n) is 5.02. The van der Waals surface area contributed by atoms with Crippen molar-refractivity contribution in [2.24, 2.45) is 11.7 Å². The number of nitrogens with two attached hydrogens (primary N) is 1. The molecule has 21 heavy (non-hydrogen) atoms. The molecule has 1 aromatic carbocycles. The van der Waals surface area contributed by atoms with Gasteiger partial charge in [0.05, 0.1) is 0 Å². The average molecular weight is 341 g/mol. The largest absolute Gasteiger partial charge is 0.330 e. The Morgan fingerprint density at radius 1 is 1.33 bits per heavy atom. The van der Waals surface area contributed by atoms with Gasteiger partial charge in [0, 0.05) is 19.2 Å². The van der Waals surface area contributed by atoms with Crippen LogP contribution in [-0.4, -0.2) is 32.4 Å². The van der Waals surface area contributed by atoms with E-state index >= 15 is 0 Å². The van der Waals surface area contributed by atoms with Crippen molar-refractivity contribution in [3.05, 3.63) is 29.8 Å². The van der Waals surface area contributed by atoms with E-state index in [-0.39, 0.29) is 18.3 Å². The van der Waals surface area contributed by atoms with Gasteiger partial charge in [-0.2, -0.15) is 4.31 Å². The molecule has 2 rings (SSSR count). The first-order valence-corrected chi connectivity index (χ1v) is 8.04. The van der Waals surface area contributed by atoms with Gasteiger partial charge in [0.25, 0.3) is 0 Å². The Morgan fingerprint density at radius 3 is 2.67 bits per heavy atom. The van der Waals surface area contributed by atoms with Crippen LogP contribution in [0.4, 0.5) is 8.78 Å². The minimum atomic E-state index is -3.91. The molecule has 120 valence electrons. The first-order valence-electron chi connectivity index (χ1n) is 6.60. The number of halogens is 3. The van der Waals surface area contributed by atoms with E-state index < -0.39 is 26.6 Å². The molecule has 0 bridgehead atoms. The van der Waals surface area contributed by atoms with Crippen LogP contribution in [0.5, 0.6) is 0 Å². The number of nitrogens with zero attached hydrogens (tertiary/aromatic N) is 1. The van der Waals surface area contributed by atoms with E-state index in [0.29, 0.717) is 25.7 Å². The Balaban J connectivity index is 0.00000220. The maximum atomic E-state index is 13.7. The SMILES string of the molecule is Cl.NCCC1CCCN(S(=O)(=O)c2ccc(F)cc2F)C1. The van der Waals surface area contributed by atoms with Crippen LogP contribution in [0.3, 0.4) is 0 Å². The lowest BCUT2D eigenvalue weighted by molar-refractivity contribution is 0.257. The molecule has 4 nitrogen and oxygen atoms in total. The third-order valence-corrected chi connectivity index (χ3v) is 5.47. The summed E-state index contributed by atoms with van der Waals surface area (Å²) >= 11 is 0. The molecule has 0 saturated carbocycles. The first kappa shape index (κ1) is 18.3. The van der Waals surface area contributed by atoms with E-state index in [9.17, 15) is 17.2 Å². The zero-order valence-electron chi connectivity index (χ0n) is 11.5. The fourth-order valence-electron chi connectivity index (χ4n) is 2.54. The van der Waals surface area contributed by atoms with Gasteiger partial charge < -0.3 is 5.73 Å². The zero-order valence-corrected chi connectivity index (χ0v) is 13.1. The second-order valence-corrected chi connectivity index (χ2v) is 6.93. The highest BCUT2D eigenvalue weighted by molar-refractivity contribution is 7.89. The topological polar surface area (TPSA) is 63.4 Å². The van der Waals surface area contributed by atoms with Crippen molar-refractivity contribution in [1.29, 1.82) is 0 Å². The minimum absolute atomic E-state index is 0. The molecule has 0 radical (unpaired) electrons. The molecule has 1 unspecified atom stereocenters. The van der Waals surface area contributed by atoms with Crippen molar-refractivity contribution in [2.75, 3.05) is 19.6 Å². The maximum absolute atomic E-state index is 13.7. The van der Waals surface area contributed by atoms with Crippen LogP contribution >= 0.6 is 12.4 Å². The summed E-state index contributed by atoms with van der Waals surface area (Å²) in [5.74, 6) is -1.64. The molecule has 1 aliphatic rings. The monoisotopic (exact) mass is 340 g/mol. The van der Waals surface area contributed by atoms with E-state index in [0.717, 1.165) is 31.4 Å². The van der Waals surface area contributed by atoms with Gasteiger partial charge in [0.1, 0.15) is 16.5 Å². The number of hydrogen-bond donors (Lipinski definition) is 1. The standard InChI is InChI=1S/C13H18F2N2O2S.ClH/c14-11-3-4-13(12(15)8-11)20(18,19)17-7-1-2-10(9-17)5-6-16;/h3-4,8,10H,1-2,5-7,9,16H2;1H. The summed E-state index contributed by atoms with van der Waals surface area (Å²) in [6, 6.07) is 2.53. The Labute approximate surface area is 129 Å². The van der Waals surface area contributed by atoms with Crippen LogP contribution in [0.1, 0.15) is 19.3 Å². The van der Waals surface area contributed by atoms with Crippen molar-refractivity contribution in [3.8, 4) is 0 Å². The van der Waals surface area contributed by atoms with Crippen molar-refractivity contribution in [1.82, 2.24) is 4.31 Å². The number of piperidine rings is 1. The second kappa shape index (κ2) is 7.49. The van der Waals surface area contributed by atoms with Gasteiger partial charge in [0.15, 0.2) is 0 Å². The van der Waals surface area contributed by atoms with Gasteiger partial charge in [-0.05, 0) is 43.9 Å². The molecule has 1 aromatic rings.